The van der Waals surface area contributed by atoms with Gasteiger partial charge in [-0.1, -0.05) is 6.07 Å². The van der Waals surface area contributed by atoms with Gasteiger partial charge in [-0.05, 0) is 50.5 Å². The summed E-state index contributed by atoms with van der Waals surface area (Å²) in [6.45, 7) is -0.441. The largest absolute Gasteiger partial charge is 0.387 e. The number of pyridine rings is 1. The minimum Gasteiger partial charge on any atom is -0.387 e. The molecule has 4 N–H and O–H groups in total. The molecule has 2 bridgehead atoms. The van der Waals surface area contributed by atoms with E-state index < -0.39 is 12.6 Å². The van der Waals surface area contributed by atoms with Crippen LogP contribution in [0.2, 0.25) is 0 Å². The summed E-state index contributed by atoms with van der Waals surface area (Å²) in [5, 5.41) is 14.0. The van der Waals surface area contributed by atoms with Crippen molar-refractivity contribution < 1.29 is 14.3 Å². The van der Waals surface area contributed by atoms with Gasteiger partial charge in [0.05, 0.1) is 18.1 Å². The average molecular weight is 503 g/mol. The molecule has 3 atom stereocenters. The number of nitrogen functional groups attached to an aromatic ring is 1. The second kappa shape index (κ2) is 8.34. The Morgan fingerprint density at radius 1 is 1.11 bits per heavy atom. The molecule has 0 spiro atoms. The predicted octanol–water partition coefficient (Wildman–Crippen LogP) is 3.01. The van der Waals surface area contributed by atoms with E-state index in [-0.39, 0.29) is 23.9 Å². The van der Waals surface area contributed by atoms with Gasteiger partial charge in [-0.2, -0.15) is 19.0 Å². The highest BCUT2D eigenvalue weighted by molar-refractivity contribution is 5.80. The molecular formula is C26H27FN8O2. The summed E-state index contributed by atoms with van der Waals surface area (Å²) >= 11 is 0. The van der Waals surface area contributed by atoms with E-state index in [2.05, 4.69) is 20.1 Å². The number of anilines is 1. The van der Waals surface area contributed by atoms with E-state index in [0.717, 1.165) is 60.9 Å². The zero-order chi connectivity index (χ0) is 25.3. The monoisotopic (exact) mass is 502 g/mol. The fourth-order valence-corrected chi connectivity index (χ4v) is 6.36. The Bertz CT molecular complexity index is 1500. The van der Waals surface area contributed by atoms with Crippen molar-refractivity contribution in [2.24, 2.45) is 0 Å². The molecule has 7 rings (SSSR count). The maximum absolute atomic E-state index is 13.3. The molecule has 11 heteroatoms. The number of hydrogen-bond acceptors (Lipinski definition) is 7. The summed E-state index contributed by atoms with van der Waals surface area (Å²) in [7, 11) is 0. The first-order chi connectivity index (χ1) is 18.0. The van der Waals surface area contributed by atoms with Crippen LogP contribution in [0, 0.1) is 5.95 Å². The molecule has 0 aromatic carbocycles. The first-order valence-corrected chi connectivity index (χ1v) is 12.8. The van der Waals surface area contributed by atoms with Crippen molar-refractivity contribution >= 4 is 17.4 Å². The summed E-state index contributed by atoms with van der Waals surface area (Å²) < 4.78 is 15.0. The zero-order valence-corrected chi connectivity index (χ0v) is 20.1. The summed E-state index contributed by atoms with van der Waals surface area (Å²) in [4.78, 5) is 30.5. The Morgan fingerprint density at radius 3 is 2.51 bits per heavy atom. The number of carbonyl (C=O) groups is 1. The number of halogens is 1. The lowest BCUT2D eigenvalue weighted by atomic mass is 9.85. The molecule has 4 aromatic heterocycles. The zero-order valence-electron chi connectivity index (χ0n) is 20.1. The van der Waals surface area contributed by atoms with Crippen molar-refractivity contribution in [3.63, 3.8) is 0 Å². The van der Waals surface area contributed by atoms with Gasteiger partial charge < -0.3 is 20.7 Å². The van der Waals surface area contributed by atoms with Crippen molar-refractivity contribution in [1.29, 1.82) is 0 Å². The number of H-pyrrole nitrogens is 1. The van der Waals surface area contributed by atoms with Gasteiger partial charge in [-0.15, -0.1) is 0 Å². The maximum atomic E-state index is 13.3. The Hall–Kier alpha value is -3.86. The predicted molar refractivity (Wildman–Crippen MR) is 133 cm³/mol. The first kappa shape index (κ1) is 22.3. The van der Waals surface area contributed by atoms with Crippen LogP contribution in [0.4, 0.5) is 10.2 Å². The minimum atomic E-state index is -0.581. The lowest BCUT2D eigenvalue weighted by molar-refractivity contribution is -0.138. The third-order valence-corrected chi connectivity index (χ3v) is 8.14. The van der Waals surface area contributed by atoms with Crippen molar-refractivity contribution in [3.8, 4) is 22.6 Å². The Kier molecular flexibility index (Phi) is 5.04. The third-order valence-electron chi connectivity index (χ3n) is 8.14. The standard InChI is InChI=1S/C26H27FN8O2/c27-20-11-30-25(32-20)19-6-3-14(9-29-19)18-10-31-35-24(28)22(13-1-2-13)23(33-26(18)35)15-7-16-4-5-17(8-15)34(16)21(37)12-36/h3,6,9-11,13,15-17,36H,1-2,4-5,7-8,12,28H2,(H,30,32)/t15-,16+,17-. The van der Waals surface area contributed by atoms with Crippen molar-refractivity contribution in [3.05, 3.63) is 47.9 Å². The van der Waals surface area contributed by atoms with Gasteiger partial charge in [-0.3, -0.25) is 9.78 Å². The number of nitrogens with one attached hydrogen (secondary N) is 1. The topological polar surface area (TPSA) is 138 Å². The SMILES string of the molecule is Nc1c(C2CC2)c([C@H]2C[C@H]3CC[C@@H](C2)N3C(=O)CO)nc2c(-c3ccc(-c4nc(F)c[nH]4)nc3)cnn12. The van der Waals surface area contributed by atoms with Crippen molar-refractivity contribution in [2.45, 2.75) is 62.4 Å². The Labute approximate surface area is 211 Å². The highest BCUT2D eigenvalue weighted by Crippen LogP contribution is 2.50. The lowest BCUT2D eigenvalue weighted by Crippen LogP contribution is -2.47. The number of nitrogens with zero attached hydrogens (tertiary/aromatic N) is 6. The quantitative estimate of drug-likeness (QED) is 0.381. The van der Waals surface area contributed by atoms with Gasteiger partial charge in [0.15, 0.2) is 11.5 Å². The van der Waals surface area contributed by atoms with Crippen molar-refractivity contribution in [2.75, 3.05) is 12.3 Å². The number of aromatic nitrogens is 6. The third kappa shape index (κ3) is 3.59. The van der Waals surface area contributed by atoms with E-state index in [1.165, 1.54) is 6.20 Å². The van der Waals surface area contributed by atoms with Gasteiger partial charge in [0.2, 0.25) is 11.9 Å². The van der Waals surface area contributed by atoms with Gasteiger partial charge in [-0.25, -0.2) is 4.98 Å². The normalized spacial score (nSPS) is 23.2. The van der Waals surface area contributed by atoms with E-state index in [9.17, 15) is 14.3 Å². The van der Waals surface area contributed by atoms with E-state index in [4.69, 9.17) is 10.7 Å². The molecule has 3 fully saturated rings. The molecule has 1 aliphatic carbocycles. The molecule has 6 heterocycles. The molecule has 2 saturated heterocycles. The van der Waals surface area contributed by atoms with Crippen LogP contribution in [0.25, 0.3) is 28.3 Å². The summed E-state index contributed by atoms with van der Waals surface area (Å²) in [6.07, 6.45) is 10.4. The van der Waals surface area contributed by atoms with Crippen LogP contribution in [-0.4, -0.2) is 64.2 Å². The van der Waals surface area contributed by atoms with Crippen LogP contribution in [-0.2, 0) is 4.79 Å². The van der Waals surface area contributed by atoms with Crippen LogP contribution >= 0.6 is 0 Å². The number of nitrogens with two attached hydrogens (primary N) is 1. The van der Waals surface area contributed by atoms with E-state index in [0.29, 0.717) is 28.9 Å². The van der Waals surface area contributed by atoms with Gasteiger partial charge >= 0.3 is 0 Å². The maximum Gasteiger partial charge on any atom is 0.248 e. The fraction of sp³-hybridized carbons (Fsp3) is 0.423. The second-order valence-electron chi connectivity index (χ2n) is 10.4. The second-order valence-corrected chi connectivity index (χ2v) is 10.4. The number of hydrogen-bond donors (Lipinski definition) is 3. The van der Waals surface area contributed by atoms with Gasteiger partial charge in [0.1, 0.15) is 18.1 Å². The molecule has 0 radical (unpaired) electrons. The minimum absolute atomic E-state index is 0.127. The number of fused-ring (bicyclic) bond motifs is 3. The summed E-state index contributed by atoms with van der Waals surface area (Å²) in [5.74, 6) is 0.822. The number of aromatic amines is 1. The number of imidazole rings is 1. The van der Waals surface area contributed by atoms with Crippen LogP contribution in [0.15, 0.2) is 30.7 Å². The fourth-order valence-electron chi connectivity index (χ4n) is 6.36. The first-order valence-electron chi connectivity index (χ1n) is 12.8. The van der Waals surface area contributed by atoms with Crippen LogP contribution < -0.4 is 5.73 Å². The molecule has 2 aliphatic heterocycles. The number of carbonyl (C=O) groups excluding carboxylic acids is 1. The number of piperidine rings is 1. The highest BCUT2D eigenvalue weighted by atomic mass is 19.1. The van der Waals surface area contributed by atoms with Crippen LogP contribution in [0.3, 0.4) is 0 Å². The van der Waals surface area contributed by atoms with Gasteiger partial charge in [0.25, 0.3) is 0 Å². The molecule has 190 valence electrons. The lowest BCUT2D eigenvalue weighted by Gasteiger charge is -2.39. The van der Waals surface area contributed by atoms with E-state index in [1.807, 2.05) is 11.0 Å². The molecule has 0 unspecified atom stereocenters. The molecule has 3 aliphatic rings. The molecule has 4 aromatic rings. The molecule has 37 heavy (non-hydrogen) atoms. The molecule has 1 amide bonds. The van der Waals surface area contributed by atoms with E-state index >= 15 is 0 Å². The molecular weight excluding hydrogens is 475 g/mol. The Morgan fingerprint density at radius 2 is 1.89 bits per heavy atom. The van der Waals surface area contributed by atoms with E-state index in [1.54, 1.807) is 23.0 Å². The van der Waals surface area contributed by atoms with Crippen LogP contribution in [0.5, 0.6) is 0 Å². The molecule has 1 saturated carbocycles. The summed E-state index contributed by atoms with van der Waals surface area (Å²) in [6, 6.07) is 3.93. The summed E-state index contributed by atoms with van der Waals surface area (Å²) in [5.41, 5.74) is 11.7. The smallest absolute Gasteiger partial charge is 0.248 e. The average Bonchev–Trinajstić information content (AvgIpc) is 3.40. The van der Waals surface area contributed by atoms with Crippen LogP contribution in [0.1, 0.15) is 61.6 Å². The number of aliphatic hydroxyl groups excluding tert-OH is 1. The number of amides is 1. The van der Waals surface area contributed by atoms with Gasteiger partial charge in [0, 0.05) is 40.9 Å². The number of aliphatic hydroxyl groups is 1. The highest BCUT2D eigenvalue weighted by Gasteiger charge is 2.45. The number of rotatable bonds is 5. The Balaban J connectivity index is 1.28. The molecule has 10 nitrogen and oxygen atoms in total. The van der Waals surface area contributed by atoms with Crippen molar-refractivity contribution in [1.82, 2.24) is 34.4 Å².